The summed E-state index contributed by atoms with van der Waals surface area (Å²) in [6.45, 7) is 2.31. The van der Waals surface area contributed by atoms with Crippen LogP contribution in [0.15, 0.2) is 30.3 Å². The Balaban J connectivity index is 1.85. The number of likely N-dealkylation sites (tertiary alicyclic amines) is 1. The van der Waals surface area contributed by atoms with Crippen LogP contribution in [0.5, 0.6) is 0 Å². The second-order valence-corrected chi connectivity index (χ2v) is 4.87. The lowest BCUT2D eigenvalue weighted by Crippen LogP contribution is -2.30. The van der Waals surface area contributed by atoms with Gasteiger partial charge in [-0.3, -0.25) is 4.79 Å². The Bertz CT molecular complexity index is 490. The van der Waals surface area contributed by atoms with E-state index in [2.05, 4.69) is 0 Å². The number of nitrogens with zero attached hydrogens (tertiary/aromatic N) is 1. The predicted molar refractivity (Wildman–Crippen MR) is 74.3 cm³/mol. The van der Waals surface area contributed by atoms with Crippen molar-refractivity contribution in [2.75, 3.05) is 19.7 Å². The third-order valence-electron chi connectivity index (χ3n) is 3.34. The average Bonchev–Trinajstić information content (AvgIpc) is 2.88. The van der Waals surface area contributed by atoms with Crippen LogP contribution >= 0.6 is 0 Å². The van der Waals surface area contributed by atoms with E-state index in [1.807, 2.05) is 30.3 Å². The molecule has 21 heavy (non-hydrogen) atoms. The Morgan fingerprint density at radius 1 is 1.24 bits per heavy atom. The zero-order valence-corrected chi connectivity index (χ0v) is 11.9. The number of amides is 1. The van der Waals surface area contributed by atoms with Crippen LogP contribution in [0.3, 0.4) is 0 Å². The quantitative estimate of drug-likeness (QED) is 0.844. The molecule has 1 N–H and O–H groups in total. The van der Waals surface area contributed by atoms with Crippen molar-refractivity contribution in [2.45, 2.75) is 19.6 Å². The maximum absolute atomic E-state index is 11.9. The van der Waals surface area contributed by atoms with Gasteiger partial charge in [-0.05, 0) is 12.5 Å². The minimum atomic E-state index is -0.909. The Kier molecular flexibility index (Phi) is 5.16. The number of aliphatic hydroxyl groups excluding tert-OH is 1. The lowest BCUT2D eigenvalue weighted by atomic mass is 10.1. The highest BCUT2D eigenvalue weighted by atomic mass is 16.6. The van der Waals surface area contributed by atoms with Gasteiger partial charge in [0.2, 0.25) is 0 Å². The Labute approximate surface area is 123 Å². The first-order valence-electron chi connectivity index (χ1n) is 6.92. The van der Waals surface area contributed by atoms with E-state index in [4.69, 9.17) is 9.47 Å². The van der Waals surface area contributed by atoms with Crippen molar-refractivity contribution < 1.29 is 24.2 Å². The maximum Gasteiger partial charge on any atom is 0.410 e. The number of β-amino-alcohol motifs (C(OH)–C–C–N with tert-alkyl or cyclic N) is 1. The third kappa shape index (κ3) is 3.95. The molecule has 0 radical (unpaired) electrons. The number of rotatable bonds is 4. The smallest absolute Gasteiger partial charge is 0.410 e. The van der Waals surface area contributed by atoms with Crippen LogP contribution in [0.4, 0.5) is 4.79 Å². The zero-order valence-electron chi connectivity index (χ0n) is 11.9. The molecule has 114 valence electrons. The van der Waals surface area contributed by atoms with Gasteiger partial charge in [0.15, 0.2) is 0 Å². The Morgan fingerprint density at radius 2 is 1.95 bits per heavy atom. The standard InChI is InChI=1S/C15H19NO5/c1-2-20-14(18)12-8-16(9-13(12)17)15(19)21-10-11-6-4-3-5-7-11/h3-7,12-13,17H,2,8-10H2,1H3/t12-,13+/m1/s1. The largest absolute Gasteiger partial charge is 0.466 e. The molecule has 6 heteroatoms. The second-order valence-electron chi connectivity index (χ2n) is 4.87. The van der Waals surface area contributed by atoms with Crippen LogP contribution in [-0.2, 0) is 20.9 Å². The highest BCUT2D eigenvalue weighted by molar-refractivity contribution is 5.76. The molecule has 1 heterocycles. The van der Waals surface area contributed by atoms with E-state index in [1.54, 1.807) is 6.92 Å². The molecule has 1 aliphatic heterocycles. The van der Waals surface area contributed by atoms with Crippen LogP contribution in [-0.4, -0.2) is 47.9 Å². The van der Waals surface area contributed by atoms with E-state index in [-0.39, 0.29) is 26.3 Å². The van der Waals surface area contributed by atoms with Crippen LogP contribution < -0.4 is 0 Å². The number of esters is 1. The van der Waals surface area contributed by atoms with Gasteiger partial charge in [0.25, 0.3) is 0 Å². The summed E-state index contributed by atoms with van der Waals surface area (Å²) in [6.07, 6.45) is -1.45. The Hall–Kier alpha value is -2.08. The van der Waals surface area contributed by atoms with Crippen molar-refractivity contribution in [3.63, 3.8) is 0 Å². The molecule has 2 rings (SSSR count). The molecule has 2 atom stereocenters. The normalized spacial score (nSPS) is 21.1. The summed E-state index contributed by atoms with van der Waals surface area (Å²) in [7, 11) is 0. The summed E-state index contributed by atoms with van der Waals surface area (Å²) < 4.78 is 10.0. The maximum atomic E-state index is 11.9. The molecule has 0 bridgehead atoms. The first-order chi connectivity index (χ1) is 10.1. The SMILES string of the molecule is CCOC(=O)[C@@H]1CN(C(=O)OCc2ccccc2)C[C@@H]1O. The molecule has 1 amide bonds. The molecule has 0 unspecified atom stereocenters. The van der Waals surface area contributed by atoms with E-state index in [0.717, 1.165) is 5.56 Å². The van der Waals surface area contributed by atoms with Crippen molar-refractivity contribution >= 4 is 12.1 Å². The van der Waals surface area contributed by atoms with Gasteiger partial charge >= 0.3 is 12.1 Å². The molecule has 1 saturated heterocycles. The summed E-state index contributed by atoms with van der Waals surface area (Å²) in [5.41, 5.74) is 0.882. The third-order valence-corrected chi connectivity index (χ3v) is 3.34. The fraction of sp³-hybridized carbons (Fsp3) is 0.467. The van der Waals surface area contributed by atoms with E-state index in [1.165, 1.54) is 4.90 Å². The molecule has 1 aliphatic rings. The van der Waals surface area contributed by atoms with Crippen LogP contribution in [0.1, 0.15) is 12.5 Å². The molecule has 0 spiro atoms. The van der Waals surface area contributed by atoms with Gasteiger partial charge in [-0.1, -0.05) is 30.3 Å². The molecule has 0 aliphatic carbocycles. The van der Waals surface area contributed by atoms with E-state index in [9.17, 15) is 14.7 Å². The highest BCUT2D eigenvalue weighted by Gasteiger charge is 2.40. The molecule has 1 aromatic carbocycles. The zero-order chi connectivity index (χ0) is 15.2. The fourth-order valence-corrected chi connectivity index (χ4v) is 2.23. The monoisotopic (exact) mass is 293 g/mol. The van der Waals surface area contributed by atoms with Crippen molar-refractivity contribution in [3.8, 4) is 0 Å². The summed E-state index contributed by atoms with van der Waals surface area (Å²) in [6, 6.07) is 9.31. The summed E-state index contributed by atoms with van der Waals surface area (Å²) in [4.78, 5) is 24.9. The average molecular weight is 293 g/mol. The molecule has 1 aromatic rings. The van der Waals surface area contributed by atoms with Gasteiger partial charge < -0.3 is 19.5 Å². The minimum Gasteiger partial charge on any atom is -0.466 e. The van der Waals surface area contributed by atoms with E-state index in [0.29, 0.717) is 0 Å². The number of hydrogen-bond donors (Lipinski definition) is 1. The van der Waals surface area contributed by atoms with Crippen molar-refractivity contribution in [2.24, 2.45) is 5.92 Å². The molecule has 0 aromatic heterocycles. The van der Waals surface area contributed by atoms with Gasteiger partial charge in [0, 0.05) is 6.54 Å². The molecular formula is C15H19NO5. The van der Waals surface area contributed by atoms with Crippen LogP contribution in [0.2, 0.25) is 0 Å². The first-order valence-corrected chi connectivity index (χ1v) is 6.92. The lowest BCUT2D eigenvalue weighted by Gasteiger charge is -2.15. The topological polar surface area (TPSA) is 76.1 Å². The number of aliphatic hydroxyl groups is 1. The molecule has 6 nitrogen and oxygen atoms in total. The number of benzene rings is 1. The highest BCUT2D eigenvalue weighted by Crippen LogP contribution is 2.19. The number of ether oxygens (including phenoxy) is 2. The van der Waals surface area contributed by atoms with Crippen molar-refractivity contribution in [1.82, 2.24) is 4.90 Å². The Morgan fingerprint density at radius 3 is 2.62 bits per heavy atom. The van der Waals surface area contributed by atoms with E-state index < -0.39 is 24.1 Å². The van der Waals surface area contributed by atoms with Crippen LogP contribution in [0, 0.1) is 5.92 Å². The fourth-order valence-electron chi connectivity index (χ4n) is 2.23. The van der Waals surface area contributed by atoms with E-state index >= 15 is 0 Å². The van der Waals surface area contributed by atoms with Gasteiger partial charge in [0.05, 0.1) is 19.3 Å². The number of carbonyl (C=O) groups excluding carboxylic acids is 2. The summed E-state index contributed by atoms with van der Waals surface area (Å²) in [5.74, 6) is -1.18. The van der Waals surface area contributed by atoms with Gasteiger partial charge in [-0.25, -0.2) is 4.79 Å². The molecule has 1 fully saturated rings. The number of carbonyl (C=O) groups is 2. The van der Waals surface area contributed by atoms with Gasteiger partial charge in [-0.15, -0.1) is 0 Å². The van der Waals surface area contributed by atoms with Crippen LogP contribution in [0.25, 0.3) is 0 Å². The summed E-state index contributed by atoms with van der Waals surface area (Å²) in [5, 5.41) is 9.84. The van der Waals surface area contributed by atoms with Crippen molar-refractivity contribution in [1.29, 1.82) is 0 Å². The van der Waals surface area contributed by atoms with Crippen molar-refractivity contribution in [3.05, 3.63) is 35.9 Å². The lowest BCUT2D eigenvalue weighted by molar-refractivity contribution is -0.150. The van der Waals surface area contributed by atoms with Gasteiger partial charge in [0.1, 0.15) is 12.5 Å². The minimum absolute atomic E-state index is 0.0805. The molecular weight excluding hydrogens is 274 g/mol. The first kappa shape index (κ1) is 15.3. The second kappa shape index (κ2) is 7.08. The summed E-state index contributed by atoms with van der Waals surface area (Å²) >= 11 is 0. The predicted octanol–water partition coefficient (Wildman–Crippen LogP) is 1.18. The molecule has 0 saturated carbocycles. The number of hydrogen-bond acceptors (Lipinski definition) is 5. The van der Waals surface area contributed by atoms with Gasteiger partial charge in [-0.2, -0.15) is 0 Å².